The summed E-state index contributed by atoms with van der Waals surface area (Å²) in [6, 6.07) is 5.81. The van der Waals surface area contributed by atoms with Crippen LogP contribution in [0.15, 0.2) is 18.2 Å². The fourth-order valence-electron chi connectivity index (χ4n) is 2.50. The normalized spacial score (nSPS) is 20.9. The number of morpholine rings is 1. The standard InChI is InChI=1S/C16H24N2O3.ClH/c1-11-8-12(2)10-14(9-11)21-7-5-18-16(19)15-13(3)20-6-4-17-15;/h8-10,13,15,17H,4-7H2,1-3H3,(H,18,19);1H/t13-,15+;/m1./s1. The molecule has 1 aliphatic rings. The fraction of sp³-hybridized carbons (Fsp3) is 0.562. The number of halogens is 1. The zero-order valence-corrected chi connectivity index (χ0v) is 14.2. The number of aryl methyl sites for hydroxylation is 2. The maximum atomic E-state index is 12.0. The molecule has 2 atom stereocenters. The van der Waals surface area contributed by atoms with E-state index in [-0.39, 0.29) is 30.5 Å². The number of hydrogen-bond acceptors (Lipinski definition) is 4. The Morgan fingerprint density at radius 1 is 1.36 bits per heavy atom. The molecule has 1 heterocycles. The summed E-state index contributed by atoms with van der Waals surface area (Å²) < 4.78 is 11.1. The zero-order chi connectivity index (χ0) is 15.2. The number of amides is 1. The van der Waals surface area contributed by atoms with Crippen molar-refractivity contribution in [3.8, 4) is 5.75 Å². The van der Waals surface area contributed by atoms with E-state index in [4.69, 9.17) is 9.47 Å². The molecule has 1 saturated heterocycles. The van der Waals surface area contributed by atoms with Gasteiger partial charge in [0.2, 0.25) is 5.91 Å². The summed E-state index contributed by atoms with van der Waals surface area (Å²) in [5.41, 5.74) is 2.35. The van der Waals surface area contributed by atoms with Gasteiger partial charge in [-0.3, -0.25) is 4.79 Å². The second-order valence-corrected chi connectivity index (χ2v) is 5.47. The molecular weight excluding hydrogens is 304 g/mol. The minimum Gasteiger partial charge on any atom is -0.492 e. The monoisotopic (exact) mass is 328 g/mol. The van der Waals surface area contributed by atoms with Crippen molar-refractivity contribution in [2.45, 2.75) is 32.9 Å². The van der Waals surface area contributed by atoms with Crippen LogP contribution < -0.4 is 15.4 Å². The summed E-state index contributed by atoms with van der Waals surface area (Å²) in [5, 5.41) is 6.04. The van der Waals surface area contributed by atoms with Crippen LogP contribution in [0.4, 0.5) is 0 Å². The van der Waals surface area contributed by atoms with Crippen molar-refractivity contribution in [2.75, 3.05) is 26.3 Å². The molecule has 0 aromatic heterocycles. The van der Waals surface area contributed by atoms with Crippen LogP contribution in [0.2, 0.25) is 0 Å². The molecule has 22 heavy (non-hydrogen) atoms. The molecule has 2 rings (SSSR count). The maximum Gasteiger partial charge on any atom is 0.239 e. The van der Waals surface area contributed by atoms with E-state index in [1.807, 2.05) is 32.9 Å². The van der Waals surface area contributed by atoms with Gasteiger partial charge in [0.25, 0.3) is 0 Å². The quantitative estimate of drug-likeness (QED) is 0.806. The van der Waals surface area contributed by atoms with Gasteiger partial charge in [-0.05, 0) is 44.0 Å². The number of nitrogens with one attached hydrogen (secondary N) is 2. The summed E-state index contributed by atoms with van der Waals surface area (Å²) in [5.74, 6) is 0.806. The summed E-state index contributed by atoms with van der Waals surface area (Å²) in [4.78, 5) is 12.0. The van der Waals surface area contributed by atoms with Crippen molar-refractivity contribution in [1.29, 1.82) is 0 Å². The number of carbonyl (C=O) groups excluding carboxylic acids is 1. The van der Waals surface area contributed by atoms with Crippen LogP contribution in [-0.4, -0.2) is 44.4 Å². The fourth-order valence-corrected chi connectivity index (χ4v) is 2.50. The molecule has 0 radical (unpaired) electrons. The van der Waals surface area contributed by atoms with Crippen LogP contribution in [0.5, 0.6) is 5.75 Å². The van der Waals surface area contributed by atoms with E-state index < -0.39 is 0 Å². The third kappa shape index (κ3) is 5.48. The Labute approximate surface area is 138 Å². The number of rotatable bonds is 5. The van der Waals surface area contributed by atoms with E-state index in [1.165, 1.54) is 11.1 Å². The third-order valence-electron chi connectivity index (χ3n) is 3.46. The Kier molecular flexibility index (Phi) is 7.65. The van der Waals surface area contributed by atoms with Gasteiger partial charge in [0.05, 0.1) is 19.3 Å². The SMILES string of the molecule is Cc1cc(C)cc(OCCNC(=O)[C@H]2NCCO[C@@H]2C)c1.Cl. The van der Waals surface area contributed by atoms with Gasteiger partial charge in [-0.25, -0.2) is 0 Å². The Balaban J connectivity index is 0.00000242. The van der Waals surface area contributed by atoms with Crippen molar-refractivity contribution < 1.29 is 14.3 Å². The van der Waals surface area contributed by atoms with Gasteiger partial charge >= 0.3 is 0 Å². The average molecular weight is 329 g/mol. The van der Waals surface area contributed by atoms with E-state index in [0.29, 0.717) is 26.3 Å². The summed E-state index contributed by atoms with van der Waals surface area (Å²) >= 11 is 0. The van der Waals surface area contributed by atoms with Crippen LogP contribution in [0.25, 0.3) is 0 Å². The highest BCUT2D eigenvalue weighted by Gasteiger charge is 2.27. The van der Waals surface area contributed by atoms with E-state index in [2.05, 4.69) is 16.7 Å². The molecule has 0 spiro atoms. The van der Waals surface area contributed by atoms with E-state index in [0.717, 1.165) is 5.75 Å². The molecular formula is C16H25ClN2O3. The van der Waals surface area contributed by atoms with Gasteiger partial charge < -0.3 is 20.1 Å². The first kappa shape index (κ1) is 18.7. The van der Waals surface area contributed by atoms with Crippen LogP contribution >= 0.6 is 12.4 Å². The second-order valence-electron chi connectivity index (χ2n) is 5.47. The number of ether oxygens (including phenoxy) is 2. The molecule has 124 valence electrons. The van der Waals surface area contributed by atoms with Crippen molar-refractivity contribution in [1.82, 2.24) is 10.6 Å². The molecule has 1 fully saturated rings. The van der Waals surface area contributed by atoms with Crippen molar-refractivity contribution >= 4 is 18.3 Å². The van der Waals surface area contributed by atoms with Gasteiger partial charge in [0, 0.05) is 6.54 Å². The molecule has 1 aromatic carbocycles. The number of carbonyl (C=O) groups is 1. The largest absolute Gasteiger partial charge is 0.492 e. The molecule has 0 saturated carbocycles. The second kappa shape index (κ2) is 8.98. The lowest BCUT2D eigenvalue weighted by Gasteiger charge is -2.29. The topological polar surface area (TPSA) is 59.6 Å². The first-order valence-electron chi connectivity index (χ1n) is 7.40. The van der Waals surface area contributed by atoms with Crippen molar-refractivity contribution in [3.63, 3.8) is 0 Å². The molecule has 0 bridgehead atoms. The highest BCUT2D eigenvalue weighted by atomic mass is 35.5. The molecule has 1 amide bonds. The Bertz CT molecular complexity index is 476. The molecule has 6 heteroatoms. The van der Waals surface area contributed by atoms with Gasteiger partial charge in [0.15, 0.2) is 0 Å². The van der Waals surface area contributed by atoms with Crippen LogP contribution in [0, 0.1) is 13.8 Å². The van der Waals surface area contributed by atoms with E-state index >= 15 is 0 Å². The van der Waals surface area contributed by atoms with E-state index in [1.54, 1.807) is 0 Å². The Hall–Kier alpha value is -1.30. The average Bonchev–Trinajstić information content (AvgIpc) is 2.43. The number of benzene rings is 1. The Morgan fingerprint density at radius 3 is 2.68 bits per heavy atom. The lowest BCUT2D eigenvalue weighted by molar-refractivity contribution is -0.129. The molecule has 0 unspecified atom stereocenters. The van der Waals surface area contributed by atoms with Gasteiger partial charge in [-0.1, -0.05) is 6.07 Å². The van der Waals surface area contributed by atoms with Crippen molar-refractivity contribution in [3.05, 3.63) is 29.3 Å². The predicted molar refractivity (Wildman–Crippen MR) is 88.9 cm³/mol. The highest BCUT2D eigenvalue weighted by Crippen LogP contribution is 2.15. The third-order valence-corrected chi connectivity index (χ3v) is 3.46. The van der Waals surface area contributed by atoms with Crippen LogP contribution in [0.1, 0.15) is 18.1 Å². The summed E-state index contributed by atoms with van der Waals surface area (Å²) in [6.07, 6.45) is -0.0981. The van der Waals surface area contributed by atoms with Gasteiger partial charge in [-0.15, -0.1) is 12.4 Å². The first-order valence-corrected chi connectivity index (χ1v) is 7.40. The van der Waals surface area contributed by atoms with E-state index in [9.17, 15) is 4.79 Å². The van der Waals surface area contributed by atoms with Crippen LogP contribution in [0.3, 0.4) is 0 Å². The Morgan fingerprint density at radius 2 is 2.05 bits per heavy atom. The van der Waals surface area contributed by atoms with Crippen LogP contribution in [-0.2, 0) is 9.53 Å². The molecule has 1 aromatic rings. The molecule has 5 nitrogen and oxygen atoms in total. The first-order chi connectivity index (χ1) is 10.1. The summed E-state index contributed by atoms with van der Waals surface area (Å²) in [7, 11) is 0. The molecule has 0 aliphatic carbocycles. The van der Waals surface area contributed by atoms with Crippen molar-refractivity contribution in [2.24, 2.45) is 0 Å². The molecule has 1 aliphatic heterocycles. The lowest BCUT2D eigenvalue weighted by atomic mass is 10.1. The highest BCUT2D eigenvalue weighted by molar-refractivity contribution is 5.85. The minimum absolute atomic E-state index is 0. The lowest BCUT2D eigenvalue weighted by Crippen LogP contribution is -2.55. The maximum absolute atomic E-state index is 12.0. The van der Waals surface area contributed by atoms with Gasteiger partial charge in [0.1, 0.15) is 18.4 Å². The minimum atomic E-state index is -0.278. The smallest absolute Gasteiger partial charge is 0.239 e. The van der Waals surface area contributed by atoms with Gasteiger partial charge in [-0.2, -0.15) is 0 Å². The molecule has 2 N–H and O–H groups in total. The zero-order valence-electron chi connectivity index (χ0n) is 13.3. The predicted octanol–water partition coefficient (Wildman–Crippen LogP) is 1.60. The summed E-state index contributed by atoms with van der Waals surface area (Å²) in [6.45, 7) is 8.29. The number of hydrogen-bond donors (Lipinski definition) is 2.